The molecule has 1 heterocycles. The van der Waals surface area contributed by atoms with Crippen LogP contribution in [0.15, 0.2) is 24.3 Å². The number of amides is 1. The number of nitrogens with one attached hydrogen (secondary N) is 1. The third-order valence-electron chi connectivity index (χ3n) is 4.49. The number of benzene rings is 1. The topological polar surface area (TPSA) is 55.4 Å². The molecule has 1 fully saturated rings. The van der Waals surface area contributed by atoms with Crippen LogP contribution in [0, 0.1) is 5.92 Å². The highest BCUT2D eigenvalue weighted by Gasteiger charge is 2.50. The van der Waals surface area contributed by atoms with Crippen LogP contribution in [-0.4, -0.2) is 18.5 Å². The van der Waals surface area contributed by atoms with E-state index in [4.69, 9.17) is 4.74 Å². The van der Waals surface area contributed by atoms with Crippen LogP contribution in [0.5, 0.6) is 0 Å². The van der Waals surface area contributed by atoms with Crippen LogP contribution in [0.4, 0.5) is 5.69 Å². The van der Waals surface area contributed by atoms with E-state index in [0.717, 1.165) is 30.5 Å². The van der Waals surface area contributed by atoms with Crippen molar-refractivity contribution in [1.29, 1.82) is 0 Å². The molecule has 1 aliphatic carbocycles. The van der Waals surface area contributed by atoms with Crippen LogP contribution in [0.25, 0.3) is 0 Å². The number of hydrogen-bond donors (Lipinski definition) is 1. The van der Waals surface area contributed by atoms with E-state index in [1.165, 1.54) is 0 Å². The lowest BCUT2D eigenvalue weighted by molar-refractivity contribution is -0.152. The van der Waals surface area contributed by atoms with Crippen LogP contribution >= 0.6 is 0 Å². The lowest BCUT2D eigenvalue weighted by atomic mass is 9.66. The highest BCUT2D eigenvalue weighted by Crippen LogP contribution is 2.47. The van der Waals surface area contributed by atoms with Gasteiger partial charge in [0.05, 0.1) is 12.0 Å². The van der Waals surface area contributed by atoms with E-state index < -0.39 is 5.41 Å². The summed E-state index contributed by atoms with van der Waals surface area (Å²) >= 11 is 0. The first-order valence-corrected chi connectivity index (χ1v) is 7.25. The van der Waals surface area contributed by atoms with Crippen molar-refractivity contribution in [1.82, 2.24) is 0 Å². The summed E-state index contributed by atoms with van der Waals surface area (Å²) in [6.45, 7) is 2.19. The Kier molecular flexibility index (Phi) is 3.24. The first-order chi connectivity index (χ1) is 9.67. The van der Waals surface area contributed by atoms with Gasteiger partial charge in [-0.3, -0.25) is 9.59 Å². The summed E-state index contributed by atoms with van der Waals surface area (Å²) in [5.41, 5.74) is 1.01. The van der Waals surface area contributed by atoms with Gasteiger partial charge in [-0.2, -0.15) is 0 Å². The van der Waals surface area contributed by atoms with Crippen molar-refractivity contribution in [3.05, 3.63) is 29.8 Å². The van der Waals surface area contributed by atoms with Gasteiger partial charge in [-0.15, -0.1) is 0 Å². The number of para-hydroxylation sites is 1. The Morgan fingerprint density at radius 1 is 1.45 bits per heavy atom. The summed E-state index contributed by atoms with van der Waals surface area (Å²) in [5.74, 6) is -0.252. The predicted molar refractivity (Wildman–Crippen MR) is 75.3 cm³/mol. The van der Waals surface area contributed by atoms with Crippen molar-refractivity contribution >= 4 is 17.6 Å². The van der Waals surface area contributed by atoms with Gasteiger partial charge in [0.1, 0.15) is 0 Å². The maximum atomic E-state index is 12.6. The molecule has 0 spiro atoms. The molecule has 1 aromatic rings. The summed E-state index contributed by atoms with van der Waals surface area (Å²) in [6.07, 6.45) is 3.05. The molecule has 2 bridgehead atoms. The summed E-state index contributed by atoms with van der Waals surface area (Å²) in [6, 6.07) is 7.61. The molecule has 3 rings (SSSR count). The lowest BCUT2D eigenvalue weighted by Crippen LogP contribution is -2.42. The number of carbonyl (C=O) groups excluding carboxylic acids is 2. The van der Waals surface area contributed by atoms with Crippen molar-refractivity contribution in [2.45, 2.75) is 38.0 Å². The van der Waals surface area contributed by atoms with Crippen LogP contribution in [0.1, 0.15) is 38.2 Å². The second-order valence-electron chi connectivity index (χ2n) is 5.63. The average Bonchev–Trinajstić information content (AvgIpc) is 2.55. The molecule has 2 unspecified atom stereocenters. The second kappa shape index (κ2) is 4.93. The molecule has 1 aromatic carbocycles. The molecule has 1 saturated carbocycles. The number of fused-ring (bicyclic) bond motifs is 4. The third-order valence-corrected chi connectivity index (χ3v) is 4.49. The largest absolute Gasteiger partial charge is 0.465 e. The Balaban J connectivity index is 2.14. The smallest absolute Gasteiger partial charge is 0.316 e. The van der Waals surface area contributed by atoms with Gasteiger partial charge >= 0.3 is 5.97 Å². The fraction of sp³-hybridized carbons (Fsp3) is 0.500. The van der Waals surface area contributed by atoms with Crippen molar-refractivity contribution in [2.75, 3.05) is 11.9 Å². The Hall–Kier alpha value is -1.84. The van der Waals surface area contributed by atoms with Gasteiger partial charge in [0.15, 0.2) is 0 Å². The zero-order valence-electron chi connectivity index (χ0n) is 11.6. The standard InChI is InChI=1S/C16H19NO3/c1-2-20-15(19)16-9-5-6-11(10-16)14(18)17-13-8-4-3-7-12(13)16/h3-4,7-8,11H,2,5-6,9-10H2,1H3,(H,17,18). The van der Waals surface area contributed by atoms with Crippen LogP contribution in [0.2, 0.25) is 0 Å². The van der Waals surface area contributed by atoms with E-state index in [9.17, 15) is 9.59 Å². The monoisotopic (exact) mass is 273 g/mol. The highest BCUT2D eigenvalue weighted by molar-refractivity contribution is 5.98. The quantitative estimate of drug-likeness (QED) is 0.843. The third kappa shape index (κ3) is 1.90. The van der Waals surface area contributed by atoms with E-state index in [2.05, 4.69) is 5.32 Å². The summed E-state index contributed by atoms with van der Waals surface area (Å²) in [4.78, 5) is 24.8. The van der Waals surface area contributed by atoms with E-state index >= 15 is 0 Å². The van der Waals surface area contributed by atoms with Gasteiger partial charge in [-0.05, 0) is 37.8 Å². The number of hydrogen-bond acceptors (Lipinski definition) is 3. The number of ether oxygens (including phenoxy) is 1. The fourth-order valence-corrected chi connectivity index (χ4v) is 3.55. The minimum atomic E-state index is -0.658. The predicted octanol–water partition coefficient (Wildman–Crippen LogP) is 2.63. The number of rotatable bonds is 2. The van der Waals surface area contributed by atoms with Gasteiger partial charge in [0, 0.05) is 11.6 Å². The second-order valence-corrected chi connectivity index (χ2v) is 5.63. The zero-order valence-corrected chi connectivity index (χ0v) is 11.6. The Bertz CT molecular complexity index is 554. The zero-order chi connectivity index (χ0) is 14.2. The molecule has 4 nitrogen and oxygen atoms in total. The van der Waals surface area contributed by atoms with Gasteiger partial charge in [0.25, 0.3) is 0 Å². The SMILES string of the molecule is CCOC(=O)C12CCCC(C1)C(=O)Nc1ccccc12. The van der Waals surface area contributed by atoms with Crippen molar-refractivity contribution in [3.8, 4) is 0 Å². The molecule has 2 aliphatic rings. The molecule has 0 radical (unpaired) electrons. The normalized spacial score (nSPS) is 28.1. The molecule has 106 valence electrons. The van der Waals surface area contributed by atoms with Crippen LogP contribution in [-0.2, 0) is 19.7 Å². The lowest BCUT2D eigenvalue weighted by Gasteiger charge is -2.36. The molecule has 0 aromatic heterocycles. The van der Waals surface area contributed by atoms with Gasteiger partial charge < -0.3 is 10.1 Å². The van der Waals surface area contributed by atoms with E-state index in [1.54, 1.807) is 0 Å². The minimum Gasteiger partial charge on any atom is -0.465 e. The summed E-state index contributed by atoms with van der Waals surface area (Å²) in [7, 11) is 0. The molecular weight excluding hydrogens is 254 g/mol. The summed E-state index contributed by atoms with van der Waals surface area (Å²) in [5, 5.41) is 2.97. The number of esters is 1. The van der Waals surface area contributed by atoms with Crippen LogP contribution < -0.4 is 5.32 Å². The molecule has 0 saturated heterocycles. The first kappa shape index (κ1) is 13.2. The molecular formula is C16H19NO3. The first-order valence-electron chi connectivity index (χ1n) is 7.25. The van der Waals surface area contributed by atoms with Gasteiger partial charge in [-0.1, -0.05) is 24.6 Å². The molecule has 2 atom stereocenters. The Labute approximate surface area is 118 Å². The maximum Gasteiger partial charge on any atom is 0.316 e. The van der Waals surface area contributed by atoms with Crippen molar-refractivity contribution in [2.24, 2.45) is 5.92 Å². The average molecular weight is 273 g/mol. The van der Waals surface area contributed by atoms with Crippen LogP contribution in [0.3, 0.4) is 0 Å². The summed E-state index contributed by atoms with van der Waals surface area (Å²) < 4.78 is 5.33. The number of carbonyl (C=O) groups is 2. The number of anilines is 1. The Morgan fingerprint density at radius 2 is 2.25 bits per heavy atom. The maximum absolute atomic E-state index is 12.6. The molecule has 1 N–H and O–H groups in total. The fourth-order valence-electron chi connectivity index (χ4n) is 3.55. The van der Waals surface area contributed by atoms with Gasteiger partial charge in [0.2, 0.25) is 5.91 Å². The molecule has 1 aliphatic heterocycles. The molecule has 20 heavy (non-hydrogen) atoms. The van der Waals surface area contributed by atoms with E-state index in [-0.39, 0.29) is 17.8 Å². The van der Waals surface area contributed by atoms with Crippen molar-refractivity contribution < 1.29 is 14.3 Å². The molecule has 4 heteroatoms. The minimum absolute atomic E-state index is 0.0309. The highest BCUT2D eigenvalue weighted by atomic mass is 16.5. The molecule has 1 amide bonds. The van der Waals surface area contributed by atoms with E-state index in [1.807, 2.05) is 31.2 Å². The van der Waals surface area contributed by atoms with Crippen molar-refractivity contribution in [3.63, 3.8) is 0 Å². The van der Waals surface area contributed by atoms with E-state index in [0.29, 0.717) is 13.0 Å². The Morgan fingerprint density at radius 3 is 3.05 bits per heavy atom. The van der Waals surface area contributed by atoms with Gasteiger partial charge in [-0.25, -0.2) is 0 Å².